The summed E-state index contributed by atoms with van der Waals surface area (Å²) in [6.07, 6.45) is 0.543. The second-order valence-electron chi connectivity index (χ2n) is 8.63. The van der Waals surface area contributed by atoms with Crippen LogP contribution in [-0.2, 0) is 11.2 Å². The van der Waals surface area contributed by atoms with E-state index in [9.17, 15) is 9.59 Å². The monoisotopic (exact) mass is 459 g/mol. The number of nitrogens with zero attached hydrogens (tertiary/aromatic N) is 3. The predicted octanol–water partition coefficient (Wildman–Crippen LogP) is 4.57. The minimum absolute atomic E-state index is 0.0120. The molecule has 2 amide bonds. The highest BCUT2D eigenvalue weighted by atomic mass is 35.5. The fourth-order valence-electron chi connectivity index (χ4n) is 4.86. The van der Waals surface area contributed by atoms with Crippen molar-refractivity contribution < 1.29 is 9.59 Å². The molecule has 33 heavy (non-hydrogen) atoms. The van der Waals surface area contributed by atoms with Crippen molar-refractivity contribution in [1.82, 2.24) is 4.90 Å². The number of carbonyl (C=O) groups excluding carboxylic acids is 2. The molecule has 0 unspecified atom stereocenters. The molecule has 0 N–H and O–H groups in total. The summed E-state index contributed by atoms with van der Waals surface area (Å²) in [5, 5.41) is 0.716. The van der Waals surface area contributed by atoms with E-state index in [0.717, 1.165) is 30.0 Å². The third kappa shape index (κ3) is 4.09. The van der Waals surface area contributed by atoms with Crippen LogP contribution < -0.4 is 9.80 Å². The summed E-state index contributed by atoms with van der Waals surface area (Å²) < 4.78 is 0. The Morgan fingerprint density at radius 2 is 1.55 bits per heavy atom. The number of fused-ring (bicyclic) bond motifs is 1. The highest BCUT2D eigenvalue weighted by Gasteiger charge is 2.41. The lowest BCUT2D eigenvalue weighted by atomic mass is 10.1. The average molecular weight is 460 g/mol. The van der Waals surface area contributed by atoms with Gasteiger partial charge in [-0.15, -0.1) is 0 Å². The first kappa shape index (κ1) is 21.5. The van der Waals surface area contributed by atoms with Crippen LogP contribution in [-0.4, -0.2) is 48.9 Å². The van der Waals surface area contributed by atoms with Crippen molar-refractivity contribution >= 4 is 34.8 Å². The van der Waals surface area contributed by atoms with Gasteiger partial charge in [0, 0.05) is 54.6 Å². The third-order valence-corrected chi connectivity index (χ3v) is 6.84. The van der Waals surface area contributed by atoms with E-state index >= 15 is 0 Å². The molecule has 3 aromatic rings. The van der Waals surface area contributed by atoms with Crippen LogP contribution >= 0.6 is 11.6 Å². The van der Waals surface area contributed by atoms with Gasteiger partial charge in [-0.25, -0.2) is 0 Å². The second-order valence-corrected chi connectivity index (χ2v) is 9.07. The number of aryl methyl sites for hydroxylation is 1. The molecule has 0 bridgehead atoms. The van der Waals surface area contributed by atoms with Gasteiger partial charge in [-0.05, 0) is 48.4 Å². The number of hydrogen-bond donors (Lipinski definition) is 0. The van der Waals surface area contributed by atoms with E-state index in [4.69, 9.17) is 11.6 Å². The van der Waals surface area contributed by atoms with Gasteiger partial charge in [-0.2, -0.15) is 0 Å². The van der Waals surface area contributed by atoms with Crippen molar-refractivity contribution in [3.63, 3.8) is 0 Å². The Hall–Kier alpha value is -3.31. The number of carbonyl (C=O) groups is 2. The molecule has 0 spiro atoms. The number of para-hydroxylation sites is 1. The van der Waals surface area contributed by atoms with Gasteiger partial charge in [0.1, 0.15) is 6.04 Å². The number of halogens is 1. The van der Waals surface area contributed by atoms with Gasteiger partial charge in [0.2, 0.25) is 5.91 Å². The fraction of sp³-hybridized carbons (Fsp3) is 0.259. The summed E-state index contributed by atoms with van der Waals surface area (Å²) >= 11 is 6.21. The smallest absolute Gasteiger partial charge is 0.259 e. The second kappa shape index (κ2) is 8.91. The predicted molar refractivity (Wildman–Crippen MR) is 132 cm³/mol. The number of amides is 2. The van der Waals surface area contributed by atoms with Gasteiger partial charge in [-0.1, -0.05) is 54.1 Å². The van der Waals surface area contributed by atoms with Gasteiger partial charge in [0.25, 0.3) is 5.91 Å². The number of benzene rings is 3. The fourth-order valence-corrected chi connectivity index (χ4v) is 5.02. The molecule has 0 aromatic heterocycles. The maximum Gasteiger partial charge on any atom is 0.259 e. The first-order chi connectivity index (χ1) is 16.0. The van der Waals surface area contributed by atoms with Crippen LogP contribution in [0.1, 0.15) is 21.5 Å². The Bertz CT molecular complexity index is 1190. The lowest BCUT2D eigenvalue weighted by Crippen LogP contribution is -2.55. The zero-order valence-electron chi connectivity index (χ0n) is 18.6. The topological polar surface area (TPSA) is 43.9 Å². The molecule has 3 aromatic carbocycles. The molecule has 0 aliphatic carbocycles. The summed E-state index contributed by atoms with van der Waals surface area (Å²) in [4.78, 5) is 33.0. The lowest BCUT2D eigenvalue weighted by molar-refractivity contribution is -0.132. The Balaban J connectivity index is 1.35. The van der Waals surface area contributed by atoms with Crippen LogP contribution in [0.4, 0.5) is 11.4 Å². The number of piperazine rings is 1. The molecule has 168 valence electrons. The summed E-state index contributed by atoms with van der Waals surface area (Å²) in [5.74, 6) is -0.120. The Kier molecular flexibility index (Phi) is 5.81. The summed E-state index contributed by atoms with van der Waals surface area (Å²) in [5.41, 5.74) is 4.74. The largest absolute Gasteiger partial charge is 0.368 e. The van der Waals surface area contributed by atoms with Crippen molar-refractivity contribution in [3.8, 4) is 0 Å². The Morgan fingerprint density at radius 1 is 0.848 bits per heavy atom. The maximum atomic E-state index is 13.7. The van der Waals surface area contributed by atoms with Gasteiger partial charge >= 0.3 is 0 Å². The molecule has 5 nitrogen and oxygen atoms in total. The van der Waals surface area contributed by atoms with Crippen molar-refractivity contribution in [2.75, 3.05) is 36.0 Å². The summed E-state index contributed by atoms with van der Waals surface area (Å²) in [6.45, 7) is 4.78. The van der Waals surface area contributed by atoms with E-state index in [2.05, 4.69) is 11.8 Å². The molecular formula is C27H26ClN3O2. The van der Waals surface area contributed by atoms with Gasteiger partial charge in [0.15, 0.2) is 0 Å². The molecule has 2 aliphatic heterocycles. The summed E-state index contributed by atoms with van der Waals surface area (Å²) in [6, 6.07) is 22.4. The molecule has 2 aliphatic rings. The van der Waals surface area contributed by atoms with Crippen LogP contribution in [0, 0.1) is 6.92 Å². The van der Waals surface area contributed by atoms with Crippen LogP contribution in [0.2, 0.25) is 5.02 Å². The lowest BCUT2D eigenvalue weighted by Gasteiger charge is -2.39. The standard InChI is InChI=1S/C27H26ClN3O2/c1-19-11-12-22(28)18-24(19)29-13-15-30(16-14-29)27(33)25-17-21-9-5-6-10-23(21)31(25)26(32)20-7-3-2-4-8-20/h2-12,18,25H,13-17H2,1H3/t25-/m1/s1. The van der Waals surface area contributed by atoms with Crippen molar-refractivity contribution in [2.45, 2.75) is 19.4 Å². The van der Waals surface area contributed by atoms with E-state index in [1.54, 1.807) is 17.0 Å². The van der Waals surface area contributed by atoms with E-state index in [-0.39, 0.29) is 11.8 Å². The van der Waals surface area contributed by atoms with Gasteiger partial charge < -0.3 is 9.80 Å². The average Bonchev–Trinajstić information content (AvgIpc) is 3.25. The molecule has 1 fully saturated rings. The molecule has 0 radical (unpaired) electrons. The van der Waals surface area contributed by atoms with Crippen LogP contribution in [0.25, 0.3) is 0 Å². The van der Waals surface area contributed by atoms with Crippen molar-refractivity contribution in [2.24, 2.45) is 0 Å². The van der Waals surface area contributed by atoms with Crippen LogP contribution in [0.15, 0.2) is 72.8 Å². The first-order valence-electron chi connectivity index (χ1n) is 11.3. The van der Waals surface area contributed by atoms with E-state index in [1.807, 2.05) is 65.6 Å². The Labute approximate surface area is 199 Å². The van der Waals surface area contributed by atoms with E-state index < -0.39 is 6.04 Å². The van der Waals surface area contributed by atoms with Crippen LogP contribution in [0.3, 0.4) is 0 Å². The minimum Gasteiger partial charge on any atom is -0.368 e. The highest BCUT2D eigenvalue weighted by molar-refractivity contribution is 6.30. The van der Waals surface area contributed by atoms with Crippen LogP contribution in [0.5, 0.6) is 0 Å². The number of anilines is 2. The third-order valence-electron chi connectivity index (χ3n) is 6.60. The van der Waals surface area contributed by atoms with E-state index in [1.165, 1.54) is 5.56 Å². The zero-order chi connectivity index (χ0) is 22.9. The minimum atomic E-state index is -0.519. The maximum absolute atomic E-state index is 13.7. The normalized spacial score (nSPS) is 17.8. The highest BCUT2D eigenvalue weighted by Crippen LogP contribution is 2.34. The first-order valence-corrected chi connectivity index (χ1v) is 11.7. The van der Waals surface area contributed by atoms with E-state index in [0.29, 0.717) is 30.1 Å². The molecule has 0 saturated carbocycles. The van der Waals surface area contributed by atoms with Crippen molar-refractivity contribution in [1.29, 1.82) is 0 Å². The molecule has 6 heteroatoms. The molecule has 1 atom stereocenters. The van der Waals surface area contributed by atoms with Crippen molar-refractivity contribution in [3.05, 3.63) is 94.5 Å². The Morgan fingerprint density at radius 3 is 2.30 bits per heavy atom. The number of rotatable bonds is 3. The quantitative estimate of drug-likeness (QED) is 0.576. The van der Waals surface area contributed by atoms with Gasteiger partial charge in [-0.3, -0.25) is 14.5 Å². The molecular weight excluding hydrogens is 434 g/mol. The molecule has 1 saturated heterocycles. The summed E-state index contributed by atoms with van der Waals surface area (Å²) in [7, 11) is 0. The number of hydrogen-bond acceptors (Lipinski definition) is 3. The molecule has 2 heterocycles. The van der Waals surface area contributed by atoms with Gasteiger partial charge in [0.05, 0.1) is 0 Å². The zero-order valence-corrected chi connectivity index (χ0v) is 19.3. The SMILES string of the molecule is Cc1ccc(Cl)cc1N1CCN(C(=O)[C@H]2Cc3ccccc3N2C(=O)c2ccccc2)CC1. The molecule has 5 rings (SSSR count).